The van der Waals surface area contributed by atoms with Crippen molar-refractivity contribution in [2.24, 2.45) is 0 Å². The van der Waals surface area contributed by atoms with E-state index in [2.05, 4.69) is 13.8 Å². The molecule has 1 heterocycles. The highest BCUT2D eigenvalue weighted by Crippen LogP contribution is 2.31. The zero-order valence-electron chi connectivity index (χ0n) is 8.77. The summed E-state index contributed by atoms with van der Waals surface area (Å²) in [6.45, 7) is 4.27. The maximum Gasteiger partial charge on any atom is 0.306 e. The average molecular weight is 184 g/mol. The molecule has 0 spiro atoms. The molecule has 0 aromatic carbocycles. The van der Waals surface area contributed by atoms with Crippen LogP contribution in [0.2, 0.25) is 0 Å². The van der Waals surface area contributed by atoms with Crippen LogP contribution in [0.15, 0.2) is 0 Å². The van der Waals surface area contributed by atoms with E-state index >= 15 is 0 Å². The lowest BCUT2D eigenvalue weighted by atomic mass is 9.95. The number of unbranched alkanes of at least 4 members (excludes halogenated alkanes) is 3. The molecule has 1 rings (SSSR count). The molecule has 0 amide bonds. The molecule has 1 aliphatic rings. The molecule has 0 radical (unpaired) electrons. The summed E-state index contributed by atoms with van der Waals surface area (Å²) in [5.41, 5.74) is -0.134. The van der Waals surface area contributed by atoms with Crippen molar-refractivity contribution in [3.8, 4) is 0 Å². The molecule has 0 aliphatic carbocycles. The SMILES string of the molecule is CCCCCC[C@]1(C)CCC(=O)O1. The minimum absolute atomic E-state index is 0.0157. The normalized spacial score (nSPS) is 27.7. The van der Waals surface area contributed by atoms with Crippen molar-refractivity contribution in [2.75, 3.05) is 0 Å². The van der Waals surface area contributed by atoms with Crippen LogP contribution in [-0.2, 0) is 9.53 Å². The van der Waals surface area contributed by atoms with Gasteiger partial charge in [-0.15, -0.1) is 0 Å². The Bertz CT molecular complexity index is 177. The maximum atomic E-state index is 10.9. The first-order valence-corrected chi connectivity index (χ1v) is 5.38. The molecule has 1 saturated heterocycles. The van der Waals surface area contributed by atoms with Crippen molar-refractivity contribution in [1.29, 1.82) is 0 Å². The maximum absolute atomic E-state index is 10.9. The van der Waals surface area contributed by atoms with E-state index < -0.39 is 0 Å². The predicted octanol–water partition coefficient (Wildman–Crippen LogP) is 3.05. The molecule has 13 heavy (non-hydrogen) atoms. The van der Waals surface area contributed by atoms with Crippen LogP contribution >= 0.6 is 0 Å². The molecule has 76 valence electrons. The molecule has 0 saturated carbocycles. The zero-order valence-corrected chi connectivity index (χ0v) is 8.77. The van der Waals surface area contributed by atoms with E-state index in [9.17, 15) is 4.79 Å². The Labute approximate surface area is 80.7 Å². The highest BCUT2D eigenvalue weighted by atomic mass is 16.6. The van der Waals surface area contributed by atoms with Gasteiger partial charge in [0.05, 0.1) is 0 Å². The van der Waals surface area contributed by atoms with Gasteiger partial charge in [0.1, 0.15) is 5.60 Å². The van der Waals surface area contributed by atoms with E-state index in [0.29, 0.717) is 6.42 Å². The highest BCUT2D eigenvalue weighted by Gasteiger charge is 2.34. The molecule has 1 atom stereocenters. The third-order valence-corrected chi connectivity index (χ3v) is 2.78. The van der Waals surface area contributed by atoms with Crippen molar-refractivity contribution >= 4 is 5.97 Å². The third kappa shape index (κ3) is 3.37. The van der Waals surface area contributed by atoms with E-state index in [4.69, 9.17) is 4.74 Å². The standard InChI is InChI=1S/C11H20O2/c1-3-4-5-6-8-11(2)9-7-10(12)13-11/h3-9H2,1-2H3/t11-/m1/s1. The lowest BCUT2D eigenvalue weighted by Crippen LogP contribution is -2.23. The van der Waals surface area contributed by atoms with Crippen molar-refractivity contribution in [3.05, 3.63) is 0 Å². The van der Waals surface area contributed by atoms with Crippen LogP contribution in [0.1, 0.15) is 58.8 Å². The van der Waals surface area contributed by atoms with Crippen LogP contribution in [0.25, 0.3) is 0 Å². The summed E-state index contributed by atoms with van der Waals surface area (Å²) in [5, 5.41) is 0. The number of carbonyl (C=O) groups is 1. The Kier molecular flexibility index (Phi) is 3.76. The smallest absolute Gasteiger partial charge is 0.306 e. The van der Waals surface area contributed by atoms with Gasteiger partial charge in [-0.3, -0.25) is 4.79 Å². The van der Waals surface area contributed by atoms with Crippen LogP contribution in [0, 0.1) is 0 Å². The van der Waals surface area contributed by atoms with E-state index in [1.807, 2.05) is 0 Å². The minimum atomic E-state index is -0.134. The van der Waals surface area contributed by atoms with E-state index in [1.54, 1.807) is 0 Å². The Morgan fingerprint density at radius 3 is 2.69 bits per heavy atom. The summed E-state index contributed by atoms with van der Waals surface area (Å²) in [6, 6.07) is 0. The molecule has 0 aromatic heterocycles. The van der Waals surface area contributed by atoms with Gasteiger partial charge in [0.25, 0.3) is 0 Å². The summed E-state index contributed by atoms with van der Waals surface area (Å²) in [4.78, 5) is 10.9. The van der Waals surface area contributed by atoms with Gasteiger partial charge >= 0.3 is 5.97 Å². The van der Waals surface area contributed by atoms with Gasteiger partial charge < -0.3 is 4.74 Å². The molecule has 0 aromatic rings. The fourth-order valence-electron chi connectivity index (χ4n) is 1.85. The topological polar surface area (TPSA) is 26.3 Å². The number of esters is 1. The molecular formula is C11H20O2. The molecule has 1 aliphatic heterocycles. The van der Waals surface area contributed by atoms with Crippen LogP contribution in [-0.4, -0.2) is 11.6 Å². The van der Waals surface area contributed by atoms with Gasteiger partial charge in [-0.1, -0.05) is 26.2 Å². The summed E-state index contributed by atoms with van der Waals surface area (Å²) in [5.74, 6) is -0.0157. The molecule has 0 bridgehead atoms. The first kappa shape index (κ1) is 10.6. The molecule has 1 fully saturated rings. The van der Waals surface area contributed by atoms with Crippen LogP contribution in [0.5, 0.6) is 0 Å². The number of hydrogen-bond acceptors (Lipinski definition) is 2. The molecule has 2 heteroatoms. The van der Waals surface area contributed by atoms with Crippen LogP contribution in [0.3, 0.4) is 0 Å². The summed E-state index contributed by atoms with van der Waals surface area (Å²) >= 11 is 0. The van der Waals surface area contributed by atoms with Gasteiger partial charge in [0, 0.05) is 6.42 Å². The second-order valence-electron chi connectivity index (χ2n) is 4.23. The third-order valence-electron chi connectivity index (χ3n) is 2.78. The van der Waals surface area contributed by atoms with Gasteiger partial charge in [-0.05, 0) is 26.2 Å². The number of cyclic esters (lactones) is 1. The van der Waals surface area contributed by atoms with Crippen LogP contribution < -0.4 is 0 Å². The zero-order chi connectivity index (χ0) is 9.73. The number of hydrogen-bond donors (Lipinski definition) is 0. The van der Waals surface area contributed by atoms with Gasteiger partial charge in [-0.2, -0.15) is 0 Å². The van der Waals surface area contributed by atoms with E-state index in [-0.39, 0.29) is 11.6 Å². The Hall–Kier alpha value is -0.530. The van der Waals surface area contributed by atoms with Crippen molar-refractivity contribution in [1.82, 2.24) is 0 Å². The molecular weight excluding hydrogens is 164 g/mol. The monoisotopic (exact) mass is 184 g/mol. The largest absolute Gasteiger partial charge is 0.459 e. The second-order valence-corrected chi connectivity index (χ2v) is 4.23. The minimum Gasteiger partial charge on any atom is -0.459 e. The second kappa shape index (κ2) is 4.64. The fraction of sp³-hybridized carbons (Fsp3) is 0.909. The fourth-order valence-corrected chi connectivity index (χ4v) is 1.85. The first-order valence-electron chi connectivity index (χ1n) is 5.38. The quantitative estimate of drug-likeness (QED) is 0.485. The summed E-state index contributed by atoms with van der Waals surface area (Å²) < 4.78 is 5.29. The predicted molar refractivity (Wildman–Crippen MR) is 52.5 cm³/mol. The lowest BCUT2D eigenvalue weighted by Gasteiger charge is -2.22. The number of rotatable bonds is 5. The Balaban J connectivity index is 2.16. The number of carbonyl (C=O) groups excluding carboxylic acids is 1. The van der Waals surface area contributed by atoms with Gasteiger partial charge in [-0.25, -0.2) is 0 Å². The first-order chi connectivity index (χ1) is 6.16. The molecule has 0 N–H and O–H groups in total. The lowest BCUT2D eigenvalue weighted by molar-refractivity contribution is -0.147. The van der Waals surface area contributed by atoms with Crippen molar-refractivity contribution in [2.45, 2.75) is 64.4 Å². The van der Waals surface area contributed by atoms with Gasteiger partial charge in [0.2, 0.25) is 0 Å². The molecule has 2 nitrogen and oxygen atoms in total. The van der Waals surface area contributed by atoms with Crippen LogP contribution in [0.4, 0.5) is 0 Å². The average Bonchev–Trinajstić information content (AvgIpc) is 2.41. The Morgan fingerprint density at radius 2 is 2.15 bits per heavy atom. The summed E-state index contributed by atoms with van der Waals surface area (Å²) in [6.07, 6.45) is 7.59. The van der Waals surface area contributed by atoms with E-state index in [1.165, 1.54) is 25.7 Å². The molecule has 0 unspecified atom stereocenters. The van der Waals surface area contributed by atoms with Crippen molar-refractivity contribution < 1.29 is 9.53 Å². The van der Waals surface area contributed by atoms with Gasteiger partial charge in [0.15, 0.2) is 0 Å². The summed E-state index contributed by atoms with van der Waals surface area (Å²) in [7, 11) is 0. The van der Waals surface area contributed by atoms with Crippen molar-refractivity contribution in [3.63, 3.8) is 0 Å². The number of ether oxygens (including phenoxy) is 1. The Morgan fingerprint density at radius 1 is 1.38 bits per heavy atom. The van der Waals surface area contributed by atoms with E-state index in [0.717, 1.165) is 12.8 Å². The highest BCUT2D eigenvalue weighted by molar-refractivity contribution is 5.72.